The van der Waals surface area contributed by atoms with Gasteiger partial charge in [0.1, 0.15) is 12.6 Å². The Morgan fingerprint density at radius 3 is 2.79 bits per heavy atom. The standard InChI is InChI=1S/C15H17N3O6/c1-24-7-5-12(15(20)21)16-14(19)9-17-6-4-10-8-11(18(22)23)2-3-13(10)17/h2-4,6,8,12H,5,7,9H2,1H3,(H,16,19)(H,20,21). The van der Waals surface area contributed by atoms with Crippen molar-refractivity contribution < 1.29 is 24.4 Å². The van der Waals surface area contributed by atoms with Gasteiger partial charge in [0.05, 0.1) is 4.92 Å². The number of aromatic nitrogens is 1. The van der Waals surface area contributed by atoms with Gasteiger partial charge in [-0.2, -0.15) is 0 Å². The van der Waals surface area contributed by atoms with E-state index in [9.17, 15) is 19.7 Å². The van der Waals surface area contributed by atoms with Crippen LogP contribution in [0.1, 0.15) is 6.42 Å². The Labute approximate surface area is 137 Å². The van der Waals surface area contributed by atoms with Gasteiger partial charge < -0.3 is 19.7 Å². The lowest BCUT2D eigenvalue weighted by Gasteiger charge is -2.14. The molecule has 1 amide bonds. The van der Waals surface area contributed by atoms with Gasteiger partial charge in [-0.25, -0.2) is 4.79 Å². The van der Waals surface area contributed by atoms with Crippen LogP contribution in [0.5, 0.6) is 0 Å². The molecule has 1 atom stereocenters. The molecule has 9 heteroatoms. The van der Waals surface area contributed by atoms with E-state index >= 15 is 0 Å². The Bertz CT molecular complexity index is 770. The maximum atomic E-state index is 12.1. The minimum Gasteiger partial charge on any atom is -0.480 e. The molecule has 0 saturated heterocycles. The molecule has 1 unspecified atom stereocenters. The van der Waals surface area contributed by atoms with Crippen molar-refractivity contribution in [3.8, 4) is 0 Å². The number of non-ortho nitro benzene ring substituents is 1. The summed E-state index contributed by atoms with van der Waals surface area (Å²) in [5, 5.41) is 22.9. The van der Waals surface area contributed by atoms with E-state index in [1.54, 1.807) is 22.9 Å². The molecule has 0 aliphatic carbocycles. The second-order valence-corrected chi connectivity index (χ2v) is 5.18. The van der Waals surface area contributed by atoms with Crippen molar-refractivity contribution in [1.82, 2.24) is 9.88 Å². The van der Waals surface area contributed by atoms with Crippen LogP contribution in [0.4, 0.5) is 5.69 Å². The highest BCUT2D eigenvalue weighted by atomic mass is 16.6. The van der Waals surface area contributed by atoms with Crippen LogP contribution in [0, 0.1) is 10.1 Å². The molecule has 0 spiro atoms. The van der Waals surface area contributed by atoms with E-state index in [-0.39, 0.29) is 25.3 Å². The van der Waals surface area contributed by atoms with Gasteiger partial charge in [-0.1, -0.05) is 0 Å². The highest BCUT2D eigenvalue weighted by Gasteiger charge is 2.20. The van der Waals surface area contributed by atoms with E-state index in [1.807, 2.05) is 0 Å². The quantitative estimate of drug-likeness (QED) is 0.551. The van der Waals surface area contributed by atoms with Gasteiger partial charge in [0, 0.05) is 49.4 Å². The number of nitrogens with one attached hydrogen (secondary N) is 1. The molecular formula is C15H17N3O6. The Kier molecular flexibility index (Phi) is 5.48. The number of carboxylic acids is 1. The van der Waals surface area contributed by atoms with Gasteiger partial charge in [-0.3, -0.25) is 14.9 Å². The topological polar surface area (TPSA) is 124 Å². The second kappa shape index (κ2) is 7.55. The number of carbonyl (C=O) groups is 2. The number of nitro groups is 1. The largest absolute Gasteiger partial charge is 0.480 e. The first-order valence-corrected chi connectivity index (χ1v) is 7.16. The van der Waals surface area contributed by atoms with Crippen LogP contribution in [-0.4, -0.2) is 46.2 Å². The Balaban J connectivity index is 2.09. The summed E-state index contributed by atoms with van der Waals surface area (Å²) >= 11 is 0. The van der Waals surface area contributed by atoms with Crippen molar-refractivity contribution in [3.05, 3.63) is 40.6 Å². The van der Waals surface area contributed by atoms with E-state index < -0.39 is 22.8 Å². The average molecular weight is 335 g/mol. The predicted octanol–water partition coefficient (Wildman–Crippen LogP) is 1.16. The number of nitro benzene ring substituents is 1. The van der Waals surface area contributed by atoms with Crippen molar-refractivity contribution >= 4 is 28.5 Å². The van der Waals surface area contributed by atoms with E-state index in [0.717, 1.165) is 0 Å². The minimum atomic E-state index is -1.13. The zero-order valence-corrected chi connectivity index (χ0v) is 13.0. The van der Waals surface area contributed by atoms with E-state index in [1.165, 1.54) is 19.2 Å². The van der Waals surface area contributed by atoms with Gasteiger partial charge in [0.2, 0.25) is 5.91 Å². The molecule has 1 heterocycles. The van der Waals surface area contributed by atoms with E-state index in [2.05, 4.69) is 5.32 Å². The maximum Gasteiger partial charge on any atom is 0.326 e. The molecule has 2 rings (SSSR count). The van der Waals surface area contributed by atoms with Crippen LogP contribution < -0.4 is 5.32 Å². The van der Waals surface area contributed by atoms with Crippen LogP contribution in [-0.2, 0) is 20.9 Å². The summed E-state index contributed by atoms with van der Waals surface area (Å²) in [6.07, 6.45) is 1.79. The zero-order chi connectivity index (χ0) is 17.7. The molecule has 0 aliphatic rings. The fourth-order valence-corrected chi connectivity index (χ4v) is 2.33. The predicted molar refractivity (Wildman–Crippen MR) is 84.7 cm³/mol. The number of methoxy groups -OCH3 is 1. The van der Waals surface area contributed by atoms with Gasteiger partial charge in [-0.05, 0) is 12.1 Å². The number of hydrogen-bond acceptors (Lipinski definition) is 5. The molecule has 0 fully saturated rings. The number of amides is 1. The highest BCUT2D eigenvalue weighted by Crippen LogP contribution is 2.21. The Morgan fingerprint density at radius 1 is 1.42 bits per heavy atom. The summed E-state index contributed by atoms with van der Waals surface area (Å²) in [7, 11) is 1.45. The van der Waals surface area contributed by atoms with Gasteiger partial charge in [0.15, 0.2) is 0 Å². The second-order valence-electron chi connectivity index (χ2n) is 5.18. The number of ether oxygens (including phenoxy) is 1. The number of carboxylic acid groups (broad SMARTS) is 1. The van der Waals surface area contributed by atoms with Crippen molar-refractivity contribution in [2.75, 3.05) is 13.7 Å². The Hall–Kier alpha value is -2.94. The number of hydrogen-bond donors (Lipinski definition) is 2. The smallest absolute Gasteiger partial charge is 0.326 e. The number of nitrogens with zero attached hydrogens (tertiary/aromatic N) is 2. The molecule has 0 bridgehead atoms. The highest BCUT2D eigenvalue weighted by molar-refractivity contribution is 5.86. The fraction of sp³-hybridized carbons (Fsp3) is 0.333. The first-order valence-electron chi connectivity index (χ1n) is 7.16. The zero-order valence-electron chi connectivity index (χ0n) is 13.0. The summed E-state index contributed by atoms with van der Waals surface area (Å²) in [5.41, 5.74) is 0.620. The molecule has 0 radical (unpaired) electrons. The summed E-state index contributed by atoms with van der Waals surface area (Å²) in [6.45, 7) is 0.130. The van der Waals surface area contributed by atoms with E-state index in [0.29, 0.717) is 10.9 Å². The normalized spacial score (nSPS) is 12.0. The van der Waals surface area contributed by atoms with Crippen molar-refractivity contribution in [3.63, 3.8) is 0 Å². The number of rotatable bonds is 8. The number of benzene rings is 1. The van der Waals surface area contributed by atoms with Crippen LogP contribution in [0.3, 0.4) is 0 Å². The van der Waals surface area contributed by atoms with Gasteiger partial charge in [0.25, 0.3) is 5.69 Å². The van der Waals surface area contributed by atoms with Crippen LogP contribution in [0.15, 0.2) is 30.5 Å². The van der Waals surface area contributed by atoms with Gasteiger partial charge >= 0.3 is 5.97 Å². The fourth-order valence-electron chi connectivity index (χ4n) is 2.33. The molecular weight excluding hydrogens is 318 g/mol. The monoisotopic (exact) mass is 335 g/mol. The summed E-state index contributed by atoms with van der Waals surface area (Å²) < 4.78 is 6.42. The van der Waals surface area contributed by atoms with Crippen LogP contribution in [0.25, 0.3) is 10.9 Å². The summed E-state index contributed by atoms with van der Waals surface area (Å²) in [4.78, 5) is 33.5. The lowest BCUT2D eigenvalue weighted by molar-refractivity contribution is -0.384. The SMILES string of the molecule is COCCC(NC(=O)Cn1ccc2cc([N+](=O)[O-])ccc21)C(=O)O. The minimum absolute atomic E-state index is 0.0322. The first kappa shape index (κ1) is 17.4. The molecule has 9 nitrogen and oxygen atoms in total. The van der Waals surface area contributed by atoms with Crippen LogP contribution in [0.2, 0.25) is 0 Å². The Morgan fingerprint density at radius 2 is 2.17 bits per heavy atom. The molecule has 0 aliphatic heterocycles. The number of carbonyl (C=O) groups excluding carboxylic acids is 1. The lowest BCUT2D eigenvalue weighted by Crippen LogP contribution is -2.42. The molecule has 24 heavy (non-hydrogen) atoms. The molecule has 2 N–H and O–H groups in total. The summed E-state index contributed by atoms with van der Waals surface area (Å²) in [5.74, 6) is -1.59. The average Bonchev–Trinajstić information content (AvgIpc) is 2.93. The molecule has 1 aromatic carbocycles. The molecule has 0 saturated carbocycles. The number of fused-ring (bicyclic) bond motifs is 1. The molecule has 128 valence electrons. The third kappa shape index (κ3) is 4.07. The number of aliphatic carboxylic acids is 1. The van der Waals surface area contributed by atoms with Crippen molar-refractivity contribution in [1.29, 1.82) is 0 Å². The van der Waals surface area contributed by atoms with Crippen molar-refractivity contribution in [2.45, 2.75) is 19.0 Å². The molecule has 2 aromatic rings. The van der Waals surface area contributed by atoms with Crippen molar-refractivity contribution in [2.24, 2.45) is 0 Å². The lowest BCUT2D eigenvalue weighted by atomic mass is 10.2. The third-order valence-electron chi connectivity index (χ3n) is 3.52. The van der Waals surface area contributed by atoms with Gasteiger partial charge in [-0.15, -0.1) is 0 Å². The summed E-state index contributed by atoms with van der Waals surface area (Å²) in [6, 6.07) is 4.97. The van der Waals surface area contributed by atoms with E-state index in [4.69, 9.17) is 9.84 Å². The third-order valence-corrected chi connectivity index (χ3v) is 3.52. The maximum absolute atomic E-state index is 12.1. The molecule has 1 aromatic heterocycles. The van der Waals surface area contributed by atoms with Crippen LogP contribution >= 0.6 is 0 Å². The first-order chi connectivity index (χ1) is 11.4.